The Kier molecular flexibility index (Phi) is 8.48. The molecule has 3 rings (SSSR count). The summed E-state index contributed by atoms with van der Waals surface area (Å²) >= 11 is 6.91. The number of esters is 1. The second-order valence-electron chi connectivity index (χ2n) is 7.68. The highest BCUT2D eigenvalue weighted by atomic mass is 79.9. The number of ether oxygens (including phenoxy) is 3. The normalized spacial score (nSPS) is 12.4. The smallest absolute Gasteiger partial charge is 0.347 e. The second-order valence-corrected chi connectivity index (χ2v) is 9.45. The van der Waals surface area contributed by atoms with Crippen LogP contribution in [-0.4, -0.2) is 41.7 Å². The van der Waals surface area contributed by atoms with E-state index in [1.807, 2.05) is 19.9 Å². The number of carbonyl (C=O) groups excluding carboxylic acids is 1. The van der Waals surface area contributed by atoms with Crippen molar-refractivity contribution in [3.63, 3.8) is 0 Å². The Morgan fingerprint density at radius 2 is 1.91 bits per heavy atom. The lowest BCUT2D eigenvalue weighted by Crippen LogP contribution is -2.26. The Balaban J connectivity index is 2.02. The van der Waals surface area contributed by atoms with Gasteiger partial charge in [-0.25, -0.2) is 9.78 Å². The van der Waals surface area contributed by atoms with Gasteiger partial charge in [-0.3, -0.25) is 4.79 Å². The summed E-state index contributed by atoms with van der Waals surface area (Å²) in [6.45, 7) is 7.51. The van der Waals surface area contributed by atoms with Crippen molar-refractivity contribution in [2.45, 2.75) is 39.7 Å². The average Bonchev–Trinajstić information content (AvgIpc) is 2.79. The van der Waals surface area contributed by atoms with Gasteiger partial charge in [0.2, 0.25) is 0 Å². The molecular weight excluding hydrogens is 570 g/mol. The Labute approximate surface area is 214 Å². The van der Waals surface area contributed by atoms with Crippen LogP contribution in [-0.2, 0) is 9.53 Å². The van der Waals surface area contributed by atoms with Crippen LogP contribution in [0.5, 0.6) is 11.5 Å². The fourth-order valence-corrected chi connectivity index (χ4v) is 3.96. The van der Waals surface area contributed by atoms with Crippen LogP contribution in [0.15, 0.2) is 49.2 Å². The zero-order chi connectivity index (χ0) is 25.0. The van der Waals surface area contributed by atoms with Gasteiger partial charge < -0.3 is 14.2 Å². The van der Waals surface area contributed by atoms with Crippen molar-refractivity contribution in [2.24, 2.45) is 5.10 Å². The van der Waals surface area contributed by atoms with E-state index in [-0.39, 0.29) is 18.1 Å². The summed E-state index contributed by atoms with van der Waals surface area (Å²) < 4.78 is 18.9. The highest BCUT2D eigenvalue weighted by Gasteiger charge is 2.19. The predicted octanol–water partition coefficient (Wildman–Crippen LogP) is 5.27. The zero-order valence-electron chi connectivity index (χ0n) is 19.5. The molecule has 0 amide bonds. The van der Waals surface area contributed by atoms with Crippen LogP contribution < -0.4 is 15.0 Å². The van der Waals surface area contributed by atoms with Crippen LogP contribution in [0.1, 0.15) is 45.0 Å². The van der Waals surface area contributed by atoms with E-state index >= 15 is 0 Å². The number of hydrogen-bond acceptors (Lipinski definition) is 7. The highest BCUT2D eigenvalue weighted by molar-refractivity contribution is 9.10. The first-order valence-corrected chi connectivity index (χ1v) is 12.2. The minimum absolute atomic E-state index is 0.0315. The third-order valence-corrected chi connectivity index (χ3v) is 6.05. The highest BCUT2D eigenvalue weighted by Crippen LogP contribution is 2.34. The molecule has 0 aliphatic heterocycles. The van der Waals surface area contributed by atoms with Crippen LogP contribution >= 0.6 is 31.9 Å². The van der Waals surface area contributed by atoms with E-state index < -0.39 is 12.1 Å². The quantitative estimate of drug-likeness (QED) is 0.261. The Morgan fingerprint density at radius 3 is 2.56 bits per heavy atom. The van der Waals surface area contributed by atoms with Crippen molar-refractivity contribution in [3.05, 3.63) is 61.0 Å². The van der Waals surface area contributed by atoms with Crippen molar-refractivity contribution in [1.82, 2.24) is 9.66 Å². The molecule has 0 radical (unpaired) electrons. The molecule has 0 N–H and O–H groups in total. The maximum Gasteiger partial charge on any atom is 0.347 e. The molecule has 0 saturated carbocycles. The van der Waals surface area contributed by atoms with E-state index in [1.54, 1.807) is 44.3 Å². The number of fused-ring (bicyclic) bond motifs is 1. The Morgan fingerprint density at radius 1 is 1.18 bits per heavy atom. The molecule has 0 spiro atoms. The van der Waals surface area contributed by atoms with Gasteiger partial charge in [-0.1, -0.05) is 29.8 Å². The SMILES string of the molecule is CCOC(=O)[C@H](C)Oc1cc(Br)c(C=Nn2c(C(C)C)nc3ccc(Br)cc3c2=O)cc1OC. The van der Waals surface area contributed by atoms with E-state index in [2.05, 4.69) is 41.9 Å². The summed E-state index contributed by atoms with van der Waals surface area (Å²) in [4.78, 5) is 29.8. The molecule has 180 valence electrons. The molecule has 1 heterocycles. The maximum absolute atomic E-state index is 13.2. The fourth-order valence-electron chi connectivity index (χ4n) is 3.17. The van der Waals surface area contributed by atoms with Crippen LogP contribution in [0.2, 0.25) is 0 Å². The molecule has 0 bridgehead atoms. The van der Waals surface area contributed by atoms with Gasteiger partial charge in [-0.15, -0.1) is 0 Å². The first kappa shape index (κ1) is 25.9. The molecule has 0 saturated heterocycles. The van der Waals surface area contributed by atoms with Crippen LogP contribution in [0.3, 0.4) is 0 Å². The van der Waals surface area contributed by atoms with Gasteiger partial charge in [0, 0.05) is 20.4 Å². The van der Waals surface area contributed by atoms with Gasteiger partial charge in [0.1, 0.15) is 5.82 Å². The number of nitrogens with zero attached hydrogens (tertiary/aromatic N) is 3. The molecule has 8 nitrogen and oxygen atoms in total. The lowest BCUT2D eigenvalue weighted by molar-refractivity contribution is -0.150. The van der Waals surface area contributed by atoms with E-state index in [0.29, 0.717) is 38.3 Å². The Hall–Kier alpha value is -2.72. The summed E-state index contributed by atoms with van der Waals surface area (Å²) in [5.41, 5.74) is 0.991. The summed E-state index contributed by atoms with van der Waals surface area (Å²) in [6.07, 6.45) is 0.736. The van der Waals surface area contributed by atoms with Crippen molar-refractivity contribution < 1.29 is 19.0 Å². The van der Waals surface area contributed by atoms with Gasteiger partial charge in [-0.05, 0) is 60.1 Å². The number of carbonyl (C=O) groups is 1. The van der Waals surface area contributed by atoms with Crippen LogP contribution in [0, 0.1) is 0 Å². The van der Waals surface area contributed by atoms with Gasteiger partial charge in [0.05, 0.1) is 30.8 Å². The molecule has 0 unspecified atom stereocenters. The molecular formula is C24H25Br2N3O5. The van der Waals surface area contributed by atoms with Gasteiger partial charge in [-0.2, -0.15) is 9.78 Å². The van der Waals surface area contributed by atoms with Gasteiger partial charge in [0.25, 0.3) is 5.56 Å². The first-order chi connectivity index (χ1) is 16.2. The standard InChI is InChI=1S/C24H25Br2N3O5/c1-6-33-24(31)14(4)34-21-11-18(26)15(9-20(21)32-5)12-27-29-22(13(2)3)28-19-8-7-16(25)10-17(19)23(29)30/h7-14H,6H2,1-5H3/t14-/m0/s1. The number of rotatable bonds is 8. The van der Waals surface area contributed by atoms with Crippen molar-refractivity contribution in [2.75, 3.05) is 13.7 Å². The monoisotopic (exact) mass is 593 g/mol. The van der Waals surface area contributed by atoms with E-state index in [1.165, 1.54) is 11.8 Å². The second kappa shape index (κ2) is 11.1. The number of methoxy groups -OCH3 is 1. The molecule has 0 aliphatic rings. The molecule has 1 atom stereocenters. The molecule has 2 aromatic carbocycles. The maximum atomic E-state index is 13.2. The fraction of sp³-hybridized carbons (Fsp3) is 0.333. The van der Waals surface area contributed by atoms with E-state index in [0.717, 1.165) is 4.47 Å². The zero-order valence-corrected chi connectivity index (χ0v) is 22.6. The average molecular weight is 595 g/mol. The van der Waals surface area contributed by atoms with E-state index in [4.69, 9.17) is 14.2 Å². The summed E-state index contributed by atoms with van der Waals surface area (Å²) in [5.74, 6) is 0.808. The molecule has 34 heavy (non-hydrogen) atoms. The van der Waals surface area contributed by atoms with Gasteiger partial charge >= 0.3 is 5.97 Å². The topological polar surface area (TPSA) is 92.0 Å². The number of halogens is 2. The molecule has 0 fully saturated rings. The summed E-state index contributed by atoms with van der Waals surface area (Å²) in [6, 6.07) is 8.76. The molecule has 10 heteroatoms. The summed E-state index contributed by atoms with van der Waals surface area (Å²) in [5, 5.41) is 4.92. The van der Waals surface area contributed by atoms with Gasteiger partial charge in [0.15, 0.2) is 17.6 Å². The number of aromatic nitrogens is 2. The van der Waals surface area contributed by atoms with Crippen LogP contribution in [0.25, 0.3) is 10.9 Å². The minimum atomic E-state index is -0.810. The molecule has 3 aromatic rings. The van der Waals surface area contributed by atoms with Crippen molar-refractivity contribution in [1.29, 1.82) is 0 Å². The van der Waals surface area contributed by atoms with Crippen molar-refractivity contribution in [3.8, 4) is 11.5 Å². The number of benzene rings is 2. The first-order valence-electron chi connectivity index (χ1n) is 10.6. The lowest BCUT2D eigenvalue weighted by Gasteiger charge is -2.17. The van der Waals surface area contributed by atoms with Crippen LogP contribution in [0.4, 0.5) is 0 Å². The third kappa shape index (κ3) is 5.67. The third-order valence-electron chi connectivity index (χ3n) is 4.87. The van der Waals surface area contributed by atoms with E-state index in [9.17, 15) is 9.59 Å². The Bertz CT molecular complexity index is 1300. The molecule has 1 aromatic heterocycles. The minimum Gasteiger partial charge on any atom is -0.493 e. The molecule has 0 aliphatic carbocycles. The van der Waals surface area contributed by atoms with Crippen molar-refractivity contribution >= 4 is 54.9 Å². The number of hydrogen-bond donors (Lipinski definition) is 0. The largest absolute Gasteiger partial charge is 0.493 e. The summed E-state index contributed by atoms with van der Waals surface area (Å²) in [7, 11) is 1.50. The lowest BCUT2D eigenvalue weighted by atomic mass is 10.2. The predicted molar refractivity (Wildman–Crippen MR) is 138 cm³/mol.